The molecule has 0 fully saturated rings. The van der Waals surface area contributed by atoms with E-state index in [4.69, 9.17) is 11.5 Å². The first-order chi connectivity index (χ1) is 13.4. The number of carbonyl (C=O) groups is 2. The Balaban J connectivity index is 1.99. The molecule has 0 radical (unpaired) electrons. The summed E-state index contributed by atoms with van der Waals surface area (Å²) in [6.07, 6.45) is 2.24. The molecule has 1 atom stereocenters. The lowest BCUT2D eigenvalue weighted by Gasteiger charge is -2.26. The molecule has 1 unspecified atom stereocenters. The molecule has 1 aromatic carbocycles. The van der Waals surface area contributed by atoms with Crippen LogP contribution in [0.15, 0.2) is 48.7 Å². The lowest BCUT2D eigenvalue weighted by Crippen LogP contribution is -2.42. The van der Waals surface area contributed by atoms with Crippen molar-refractivity contribution in [2.45, 2.75) is 19.4 Å². The standard InChI is InChI=1S/C20H22N6O2/c1-3-16(19(22)28)26(2)17-9-8-14(18(21)27)20(25-17)24-13-7-6-12-5-4-10-23-15(12)11-13/h4-11,16H,3H2,1-2H3,(H2,21,27)(H2,22,28)(H,24,25). The largest absolute Gasteiger partial charge is 0.368 e. The number of aromatic nitrogens is 2. The summed E-state index contributed by atoms with van der Waals surface area (Å²) in [5.74, 6) is -0.255. The molecule has 0 aliphatic rings. The van der Waals surface area contributed by atoms with Gasteiger partial charge in [-0.3, -0.25) is 14.6 Å². The van der Waals surface area contributed by atoms with Crippen molar-refractivity contribution in [3.8, 4) is 0 Å². The maximum atomic E-state index is 11.8. The maximum absolute atomic E-state index is 11.8. The Morgan fingerprint density at radius 3 is 2.64 bits per heavy atom. The number of primary amides is 2. The number of hydrogen-bond acceptors (Lipinski definition) is 6. The van der Waals surface area contributed by atoms with Crippen LogP contribution in [0.3, 0.4) is 0 Å². The third kappa shape index (κ3) is 3.85. The Bertz CT molecular complexity index is 1040. The summed E-state index contributed by atoms with van der Waals surface area (Å²) in [6, 6.07) is 12.2. The number of fused-ring (bicyclic) bond motifs is 1. The molecule has 0 bridgehead atoms. The number of nitrogens with two attached hydrogens (primary N) is 2. The van der Waals surface area contributed by atoms with E-state index in [1.165, 1.54) is 0 Å². The monoisotopic (exact) mass is 378 g/mol. The summed E-state index contributed by atoms with van der Waals surface area (Å²) in [4.78, 5) is 34.0. The third-order valence-electron chi connectivity index (χ3n) is 4.56. The van der Waals surface area contributed by atoms with Crippen LogP contribution >= 0.6 is 0 Å². The molecule has 28 heavy (non-hydrogen) atoms. The number of pyridine rings is 2. The lowest BCUT2D eigenvalue weighted by molar-refractivity contribution is -0.119. The minimum Gasteiger partial charge on any atom is -0.368 e. The number of nitrogens with one attached hydrogen (secondary N) is 1. The number of rotatable bonds is 7. The lowest BCUT2D eigenvalue weighted by atomic mass is 10.1. The highest BCUT2D eigenvalue weighted by Crippen LogP contribution is 2.25. The van der Waals surface area contributed by atoms with Gasteiger partial charge < -0.3 is 21.7 Å². The molecule has 0 aliphatic heterocycles. The molecule has 0 spiro atoms. The number of benzene rings is 1. The van der Waals surface area contributed by atoms with Crippen molar-refractivity contribution in [2.24, 2.45) is 11.5 Å². The minimum atomic E-state index is -0.606. The highest BCUT2D eigenvalue weighted by molar-refractivity contribution is 5.99. The van der Waals surface area contributed by atoms with Crippen LogP contribution in [0.1, 0.15) is 23.7 Å². The van der Waals surface area contributed by atoms with E-state index < -0.39 is 17.9 Å². The fourth-order valence-electron chi connectivity index (χ4n) is 3.05. The second-order valence-electron chi connectivity index (χ2n) is 6.40. The number of hydrogen-bond donors (Lipinski definition) is 3. The summed E-state index contributed by atoms with van der Waals surface area (Å²) < 4.78 is 0. The van der Waals surface area contributed by atoms with Gasteiger partial charge in [0.1, 0.15) is 17.7 Å². The van der Waals surface area contributed by atoms with Gasteiger partial charge in [-0.2, -0.15) is 0 Å². The van der Waals surface area contributed by atoms with E-state index in [-0.39, 0.29) is 5.56 Å². The van der Waals surface area contributed by atoms with Crippen LogP contribution in [0.2, 0.25) is 0 Å². The molecule has 0 aliphatic carbocycles. The summed E-state index contributed by atoms with van der Waals surface area (Å²) in [5, 5.41) is 4.13. The van der Waals surface area contributed by atoms with Crippen molar-refractivity contribution in [3.05, 3.63) is 54.2 Å². The molecule has 0 saturated heterocycles. The quantitative estimate of drug-likeness (QED) is 0.578. The second-order valence-corrected chi connectivity index (χ2v) is 6.40. The van der Waals surface area contributed by atoms with E-state index in [1.807, 2.05) is 37.3 Å². The highest BCUT2D eigenvalue weighted by Gasteiger charge is 2.21. The van der Waals surface area contributed by atoms with Crippen LogP contribution in [-0.2, 0) is 4.79 Å². The van der Waals surface area contributed by atoms with Crippen LogP contribution in [0.4, 0.5) is 17.3 Å². The molecule has 2 aromatic heterocycles. The van der Waals surface area contributed by atoms with Gasteiger partial charge in [-0.25, -0.2) is 4.98 Å². The summed E-state index contributed by atoms with van der Waals surface area (Å²) >= 11 is 0. The summed E-state index contributed by atoms with van der Waals surface area (Å²) in [6.45, 7) is 1.87. The Morgan fingerprint density at radius 1 is 1.18 bits per heavy atom. The van der Waals surface area contributed by atoms with Gasteiger partial charge in [0.15, 0.2) is 0 Å². The molecule has 2 heterocycles. The predicted octanol–water partition coefficient (Wildman–Crippen LogP) is 2.17. The Labute approximate surface area is 162 Å². The van der Waals surface area contributed by atoms with E-state index in [9.17, 15) is 9.59 Å². The normalized spacial score (nSPS) is 11.8. The van der Waals surface area contributed by atoms with Gasteiger partial charge in [-0.15, -0.1) is 0 Å². The number of anilines is 3. The van der Waals surface area contributed by atoms with Crippen molar-refractivity contribution in [1.82, 2.24) is 9.97 Å². The molecule has 3 aromatic rings. The van der Waals surface area contributed by atoms with Crippen molar-refractivity contribution in [1.29, 1.82) is 0 Å². The van der Waals surface area contributed by atoms with E-state index >= 15 is 0 Å². The van der Waals surface area contributed by atoms with E-state index in [0.29, 0.717) is 23.7 Å². The SMILES string of the molecule is CCC(C(N)=O)N(C)c1ccc(C(N)=O)c(Nc2ccc3cccnc3c2)n1. The topological polar surface area (TPSA) is 127 Å². The molecule has 8 heteroatoms. The minimum absolute atomic E-state index is 0.241. The van der Waals surface area contributed by atoms with Crippen molar-refractivity contribution in [3.63, 3.8) is 0 Å². The molecule has 8 nitrogen and oxygen atoms in total. The van der Waals surface area contributed by atoms with E-state index in [0.717, 1.165) is 10.9 Å². The second kappa shape index (κ2) is 7.91. The Kier molecular flexibility index (Phi) is 5.39. The van der Waals surface area contributed by atoms with Crippen LogP contribution in [0.25, 0.3) is 10.9 Å². The number of likely N-dealkylation sites (N-methyl/N-ethyl adjacent to an activating group) is 1. The Hall–Kier alpha value is -3.68. The zero-order chi connectivity index (χ0) is 20.3. The van der Waals surface area contributed by atoms with Crippen LogP contribution in [0.5, 0.6) is 0 Å². The first-order valence-corrected chi connectivity index (χ1v) is 8.85. The van der Waals surface area contributed by atoms with Crippen molar-refractivity contribution in [2.75, 3.05) is 17.3 Å². The smallest absolute Gasteiger partial charge is 0.252 e. The molecular formula is C20H22N6O2. The molecule has 0 saturated carbocycles. The average Bonchev–Trinajstić information content (AvgIpc) is 2.67. The van der Waals surface area contributed by atoms with Crippen molar-refractivity contribution < 1.29 is 9.59 Å². The zero-order valence-corrected chi connectivity index (χ0v) is 15.7. The predicted molar refractivity (Wildman–Crippen MR) is 109 cm³/mol. The average molecular weight is 378 g/mol. The third-order valence-corrected chi connectivity index (χ3v) is 4.56. The van der Waals surface area contributed by atoms with E-state index in [1.54, 1.807) is 30.3 Å². The number of amides is 2. The van der Waals surface area contributed by atoms with Crippen molar-refractivity contribution >= 4 is 40.0 Å². The molecule has 3 rings (SSSR count). The van der Waals surface area contributed by atoms with Gasteiger partial charge in [-0.1, -0.05) is 19.1 Å². The van der Waals surface area contributed by atoms with Crippen LogP contribution in [-0.4, -0.2) is 34.9 Å². The van der Waals surface area contributed by atoms with Crippen LogP contribution < -0.4 is 21.7 Å². The number of nitrogens with zero attached hydrogens (tertiary/aromatic N) is 3. The molecular weight excluding hydrogens is 356 g/mol. The first kappa shape index (κ1) is 19.1. The number of carbonyl (C=O) groups excluding carboxylic acids is 2. The fourth-order valence-corrected chi connectivity index (χ4v) is 3.05. The van der Waals surface area contributed by atoms with Gasteiger partial charge in [0, 0.05) is 24.3 Å². The van der Waals surface area contributed by atoms with Gasteiger partial charge >= 0.3 is 0 Å². The first-order valence-electron chi connectivity index (χ1n) is 8.85. The van der Waals surface area contributed by atoms with Gasteiger partial charge in [0.05, 0.1) is 11.1 Å². The van der Waals surface area contributed by atoms with E-state index in [2.05, 4.69) is 15.3 Å². The van der Waals surface area contributed by atoms with Gasteiger partial charge in [0.2, 0.25) is 5.91 Å². The van der Waals surface area contributed by atoms with Crippen LogP contribution in [0, 0.1) is 0 Å². The molecule has 144 valence electrons. The molecule has 5 N–H and O–H groups in total. The summed E-state index contributed by atoms with van der Waals surface area (Å²) in [5.41, 5.74) is 12.7. The highest BCUT2D eigenvalue weighted by atomic mass is 16.1. The molecule has 2 amide bonds. The Morgan fingerprint density at radius 2 is 1.96 bits per heavy atom. The zero-order valence-electron chi connectivity index (χ0n) is 15.7. The maximum Gasteiger partial charge on any atom is 0.252 e. The fraction of sp³-hybridized carbons (Fsp3) is 0.200. The van der Waals surface area contributed by atoms with Gasteiger partial charge in [-0.05, 0) is 36.8 Å². The summed E-state index contributed by atoms with van der Waals surface area (Å²) in [7, 11) is 1.73. The van der Waals surface area contributed by atoms with Gasteiger partial charge in [0.25, 0.3) is 5.91 Å².